The summed E-state index contributed by atoms with van der Waals surface area (Å²) in [5.74, 6) is 0. The maximum Gasteiger partial charge on any atom is 0.166 e. The third-order valence-corrected chi connectivity index (χ3v) is 5.16. The van der Waals surface area contributed by atoms with Crippen molar-refractivity contribution in [1.29, 1.82) is 0 Å². The van der Waals surface area contributed by atoms with Gasteiger partial charge in [-0.05, 0) is 37.0 Å². The second kappa shape index (κ2) is 9.24. The molecule has 1 aromatic rings. The van der Waals surface area contributed by atoms with E-state index in [0.29, 0.717) is 12.1 Å². The summed E-state index contributed by atoms with van der Waals surface area (Å²) in [5.41, 5.74) is 2.76. The van der Waals surface area contributed by atoms with Crippen molar-refractivity contribution in [2.75, 3.05) is 20.6 Å². The van der Waals surface area contributed by atoms with Gasteiger partial charge < -0.3 is 15.5 Å². The molecule has 0 aliphatic heterocycles. The van der Waals surface area contributed by atoms with Crippen LogP contribution in [0.4, 0.5) is 0 Å². The average molecular weight is 335 g/mol. The monoisotopic (exact) mass is 334 g/mol. The Morgan fingerprint density at radius 3 is 2.39 bits per heavy atom. The first-order valence-electron chi connectivity index (χ1n) is 9.03. The average Bonchev–Trinajstić information content (AvgIpc) is 2.56. The normalized spacial score (nSPS) is 17.0. The van der Waals surface area contributed by atoms with Gasteiger partial charge in [0.2, 0.25) is 0 Å². The Labute approximate surface area is 146 Å². The smallest absolute Gasteiger partial charge is 0.166 e. The van der Waals surface area contributed by atoms with E-state index >= 15 is 0 Å². The van der Waals surface area contributed by atoms with E-state index in [4.69, 9.17) is 12.2 Å². The van der Waals surface area contributed by atoms with Crippen LogP contribution in [-0.2, 0) is 6.42 Å². The molecule has 3 nitrogen and oxygen atoms in total. The first-order valence-corrected chi connectivity index (χ1v) is 9.44. The summed E-state index contributed by atoms with van der Waals surface area (Å²) in [6.07, 6.45) is 7.62. The number of hydrogen-bond acceptors (Lipinski definition) is 1. The molecule has 0 bridgehead atoms. The number of nitrogens with one attached hydrogen (secondary N) is 3. The van der Waals surface area contributed by atoms with Gasteiger partial charge in [-0.25, -0.2) is 0 Å². The number of likely N-dealkylation sites (N-methyl/N-ethyl adjacent to an activating group) is 1. The van der Waals surface area contributed by atoms with E-state index < -0.39 is 0 Å². The number of thiocarbonyl (C=S) groups is 1. The molecule has 23 heavy (non-hydrogen) atoms. The van der Waals surface area contributed by atoms with Crippen LogP contribution in [0.25, 0.3) is 0 Å². The number of rotatable bonds is 6. The van der Waals surface area contributed by atoms with Gasteiger partial charge in [0.1, 0.15) is 6.04 Å². The number of aryl methyl sites for hydroxylation is 1. The van der Waals surface area contributed by atoms with Crippen molar-refractivity contribution in [3.8, 4) is 0 Å². The van der Waals surface area contributed by atoms with Crippen LogP contribution in [0.5, 0.6) is 0 Å². The molecule has 3 N–H and O–H groups in total. The zero-order valence-corrected chi connectivity index (χ0v) is 15.6. The van der Waals surface area contributed by atoms with Gasteiger partial charge in [0.25, 0.3) is 0 Å². The quantitative estimate of drug-likeness (QED) is 0.697. The first kappa shape index (κ1) is 18.2. The summed E-state index contributed by atoms with van der Waals surface area (Å²) in [5, 5.41) is 7.75. The van der Waals surface area contributed by atoms with Crippen molar-refractivity contribution >= 4 is 17.3 Å². The maximum absolute atomic E-state index is 5.50. The molecule has 0 spiro atoms. The lowest BCUT2D eigenvalue weighted by Crippen LogP contribution is -3.07. The van der Waals surface area contributed by atoms with E-state index in [1.807, 2.05) is 0 Å². The highest BCUT2D eigenvalue weighted by atomic mass is 32.1. The number of quaternary nitrogens is 1. The van der Waals surface area contributed by atoms with Gasteiger partial charge in [-0.3, -0.25) is 0 Å². The van der Waals surface area contributed by atoms with Gasteiger partial charge >= 0.3 is 0 Å². The second-order valence-electron chi connectivity index (χ2n) is 6.91. The zero-order valence-electron chi connectivity index (χ0n) is 14.8. The maximum atomic E-state index is 5.50. The van der Waals surface area contributed by atoms with E-state index in [1.54, 1.807) is 0 Å². The minimum absolute atomic E-state index is 0.409. The zero-order chi connectivity index (χ0) is 16.7. The van der Waals surface area contributed by atoms with Crippen molar-refractivity contribution in [2.24, 2.45) is 0 Å². The molecular formula is C19H32N3S+. The van der Waals surface area contributed by atoms with Gasteiger partial charge in [0, 0.05) is 11.6 Å². The fourth-order valence-corrected chi connectivity index (χ4v) is 3.57. The highest BCUT2D eigenvalue weighted by Crippen LogP contribution is 2.17. The second-order valence-corrected chi connectivity index (χ2v) is 7.32. The fraction of sp³-hybridized carbons (Fsp3) is 0.632. The van der Waals surface area contributed by atoms with E-state index in [1.165, 1.54) is 48.1 Å². The third kappa shape index (κ3) is 5.78. The highest BCUT2D eigenvalue weighted by Gasteiger charge is 2.19. The molecule has 1 aliphatic rings. The minimum Gasteiger partial charge on any atom is -0.360 e. The molecule has 0 amide bonds. The van der Waals surface area contributed by atoms with Crippen LogP contribution >= 0.6 is 12.2 Å². The van der Waals surface area contributed by atoms with Crippen LogP contribution in [0.3, 0.4) is 0 Å². The third-order valence-electron chi connectivity index (χ3n) is 4.89. The standard InChI is InChI=1S/C19H31N3S/c1-4-15-10-12-16(13-11-15)18(22(2)3)14-20-19(23)21-17-8-6-5-7-9-17/h10-13,17-18H,4-9,14H2,1-3H3,(H2,20,21,23)/p+1/t18-/m1/s1. The molecule has 1 aromatic carbocycles. The van der Waals surface area contributed by atoms with Crippen molar-refractivity contribution in [2.45, 2.75) is 57.5 Å². The van der Waals surface area contributed by atoms with Gasteiger partial charge in [-0.15, -0.1) is 0 Å². The van der Waals surface area contributed by atoms with Crippen LogP contribution in [0.1, 0.15) is 56.2 Å². The Bertz CT molecular complexity index is 478. The Hall–Kier alpha value is -1.13. The summed E-state index contributed by atoms with van der Waals surface area (Å²) >= 11 is 5.50. The van der Waals surface area contributed by atoms with Crippen LogP contribution in [0.2, 0.25) is 0 Å². The van der Waals surface area contributed by atoms with Gasteiger partial charge in [0.05, 0.1) is 20.6 Å². The van der Waals surface area contributed by atoms with E-state index in [9.17, 15) is 0 Å². The molecule has 1 atom stereocenters. The SMILES string of the molecule is CCc1ccc([C@@H](CNC(=S)NC2CCCCC2)[NH+](C)C)cc1. The highest BCUT2D eigenvalue weighted by molar-refractivity contribution is 7.80. The Morgan fingerprint density at radius 1 is 1.17 bits per heavy atom. The molecule has 0 radical (unpaired) electrons. The van der Waals surface area contributed by atoms with Crippen LogP contribution in [-0.4, -0.2) is 31.8 Å². The van der Waals surface area contributed by atoms with E-state index in [0.717, 1.165) is 18.1 Å². The van der Waals surface area contributed by atoms with Crippen LogP contribution in [0.15, 0.2) is 24.3 Å². The van der Waals surface area contributed by atoms with Gasteiger partial charge in [-0.1, -0.05) is 50.5 Å². The largest absolute Gasteiger partial charge is 0.360 e. The van der Waals surface area contributed by atoms with Crippen LogP contribution in [0, 0.1) is 0 Å². The molecule has 0 aromatic heterocycles. The molecular weight excluding hydrogens is 302 g/mol. The molecule has 128 valence electrons. The van der Waals surface area contributed by atoms with E-state index in [-0.39, 0.29) is 0 Å². The lowest BCUT2D eigenvalue weighted by Gasteiger charge is -2.26. The topological polar surface area (TPSA) is 28.5 Å². The molecule has 4 heteroatoms. The Balaban J connectivity index is 1.87. The predicted octanol–water partition coefficient (Wildman–Crippen LogP) is 2.23. The van der Waals surface area contributed by atoms with Crippen molar-refractivity contribution in [1.82, 2.24) is 10.6 Å². The molecule has 2 rings (SSSR count). The van der Waals surface area contributed by atoms with Gasteiger partial charge in [0.15, 0.2) is 5.11 Å². The summed E-state index contributed by atoms with van der Waals surface area (Å²) in [4.78, 5) is 1.42. The lowest BCUT2D eigenvalue weighted by molar-refractivity contribution is -0.890. The summed E-state index contributed by atoms with van der Waals surface area (Å²) in [7, 11) is 4.41. The van der Waals surface area contributed by atoms with Crippen molar-refractivity contribution < 1.29 is 4.90 Å². The molecule has 1 saturated carbocycles. The Morgan fingerprint density at radius 2 is 1.83 bits per heavy atom. The van der Waals surface area contributed by atoms with Gasteiger partial charge in [-0.2, -0.15) is 0 Å². The lowest BCUT2D eigenvalue weighted by atomic mass is 9.96. The fourth-order valence-electron chi connectivity index (χ4n) is 3.32. The van der Waals surface area contributed by atoms with Crippen LogP contribution < -0.4 is 15.5 Å². The molecule has 0 unspecified atom stereocenters. The number of benzene rings is 1. The Kier molecular flexibility index (Phi) is 7.31. The predicted molar refractivity (Wildman–Crippen MR) is 102 cm³/mol. The molecule has 1 aliphatic carbocycles. The van der Waals surface area contributed by atoms with Crippen molar-refractivity contribution in [3.63, 3.8) is 0 Å². The summed E-state index contributed by atoms with van der Waals surface area (Å²) in [6.45, 7) is 3.06. The van der Waals surface area contributed by atoms with E-state index in [2.05, 4.69) is 55.9 Å². The summed E-state index contributed by atoms with van der Waals surface area (Å²) < 4.78 is 0. The summed E-state index contributed by atoms with van der Waals surface area (Å²) in [6, 6.07) is 9.98. The molecule has 0 heterocycles. The van der Waals surface area contributed by atoms with Crippen molar-refractivity contribution in [3.05, 3.63) is 35.4 Å². The minimum atomic E-state index is 0.409. The first-order chi connectivity index (χ1) is 11.1. The molecule has 0 saturated heterocycles. The molecule has 1 fully saturated rings. The number of hydrogen-bond donors (Lipinski definition) is 3.